The summed E-state index contributed by atoms with van der Waals surface area (Å²) in [6.45, 7) is 7.80. The Balaban J connectivity index is 2.44. The molecule has 0 spiro atoms. The van der Waals surface area contributed by atoms with Crippen LogP contribution < -0.4 is 15.0 Å². The standard InChI is InChI=1S/C16H22N2O3/c1-5-13-14(19)17-16(3,4)15(20)18(13)11-8-7-9-12(10-11)21-6-2/h7-10,13H,5-6H2,1-4H3,(H,17,19). The third kappa shape index (κ3) is 2.86. The third-order valence-corrected chi connectivity index (χ3v) is 3.60. The fraction of sp³-hybridized carbons (Fsp3) is 0.500. The zero-order chi connectivity index (χ0) is 15.6. The molecule has 0 bridgehead atoms. The summed E-state index contributed by atoms with van der Waals surface area (Å²) >= 11 is 0. The quantitative estimate of drug-likeness (QED) is 0.924. The van der Waals surface area contributed by atoms with Gasteiger partial charge >= 0.3 is 0 Å². The van der Waals surface area contributed by atoms with Crippen LogP contribution in [-0.2, 0) is 9.59 Å². The summed E-state index contributed by atoms with van der Waals surface area (Å²) in [5, 5.41) is 2.78. The summed E-state index contributed by atoms with van der Waals surface area (Å²) in [5.41, 5.74) is -0.203. The minimum Gasteiger partial charge on any atom is -0.494 e. The summed E-state index contributed by atoms with van der Waals surface area (Å²) in [6.07, 6.45) is 0.562. The zero-order valence-electron chi connectivity index (χ0n) is 13.0. The van der Waals surface area contributed by atoms with Crippen LogP contribution in [0.25, 0.3) is 0 Å². The monoisotopic (exact) mass is 290 g/mol. The second kappa shape index (κ2) is 5.76. The number of nitrogens with one attached hydrogen (secondary N) is 1. The summed E-state index contributed by atoms with van der Waals surface area (Å²) in [6, 6.07) is 6.83. The van der Waals surface area contributed by atoms with Crippen LogP contribution in [0.15, 0.2) is 24.3 Å². The molecular weight excluding hydrogens is 268 g/mol. The topological polar surface area (TPSA) is 58.6 Å². The molecule has 5 heteroatoms. The van der Waals surface area contributed by atoms with E-state index in [2.05, 4.69) is 5.32 Å². The van der Waals surface area contributed by atoms with Crippen LogP contribution in [-0.4, -0.2) is 30.0 Å². The van der Waals surface area contributed by atoms with Gasteiger partial charge in [0.05, 0.1) is 6.61 Å². The Morgan fingerprint density at radius 3 is 2.62 bits per heavy atom. The van der Waals surface area contributed by atoms with E-state index in [9.17, 15) is 9.59 Å². The largest absolute Gasteiger partial charge is 0.494 e. The van der Waals surface area contributed by atoms with Crippen molar-refractivity contribution in [2.45, 2.75) is 45.7 Å². The molecule has 1 aromatic carbocycles. The molecule has 2 amide bonds. The minimum absolute atomic E-state index is 0.109. The van der Waals surface area contributed by atoms with E-state index in [4.69, 9.17) is 4.74 Å². The molecule has 1 N–H and O–H groups in total. The van der Waals surface area contributed by atoms with Gasteiger partial charge in [0.15, 0.2) is 0 Å². The van der Waals surface area contributed by atoms with Crippen LogP contribution in [0, 0.1) is 0 Å². The number of anilines is 1. The number of carbonyl (C=O) groups excluding carboxylic acids is 2. The summed E-state index contributed by atoms with van der Waals surface area (Å²) in [4.78, 5) is 26.5. The van der Waals surface area contributed by atoms with E-state index in [-0.39, 0.29) is 11.8 Å². The van der Waals surface area contributed by atoms with E-state index in [0.717, 1.165) is 0 Å². The lowest BCUT2D eigenvalue weighted by atomic mass is 9.95. The van der Waals surface area contributed by atoms with E-state index >= 15 is 0 Å². The van der Waals surface area contributed by atoms with E-state index in [1.54, 1.807) is 24.8 Å². The van der Waals surface area contributed by atoms with Gasteiger partial charge in [0.2, 0.25) is 5.91 Å². The van der Waals surface area contributed by atoms with Gasteiger partial charge in [-0.2, -0.15) is 0 Å². The van der Waals surface area contributed by atoms with Crippen LogP contribution >= 0.6 is 0 Å². The number of hydrogen-bond acceptors (Lipinski definition) is 3. The molecule has 0 saturated carbocycles. The maximum atomic E-state index is 12.7. The van der Waals surface area contributed by atoms with Gasteiger partial charge in [0.1, 0.15) is 17.3 Å². The molecule has 0 aromatic heterocycles. The first kappa shape index (κ1) is 15.4. The van der Waals surface area contributed by atoms with Crippen LogP contribution in [0.4, 0.5) is 5.69 Å². The van der Waals surface area contributed by atoms with Gasteiger partial charge in [-0.15, -0.1) is 0 Å². The number of ether oxygens (including phenoxy) is 1. The number of hydrogen-bond donors (Lipinski definition) is 1. The van der Waals surface area contributed by atoms with Crippen molar-refractivity contribution in [3.05, 3.63) is 24.3 Å². The van der Waals surface area contributed by atoms with E-state index in [0.29, 0.717) is 24.5 Å². The molecule has 21 heavy (non-hydrogen) atoms. The van der Waals surface area contributed by atoms with Gasteiger partial charge in [0, 0.05) is 11.8 Å². The van der Waals surface area contributed by atoms with Crippen molar-refractivity contribution in [2.24, 2.45) is 0 Å². The van der Waals surface area contributed by atoms with Crippen molar-refractivity contribution in [1.29, 1.82) is 0 Å². The first-order valence-corrected chi connectivity index (χ1v) is 7.29. The molecule has 1 unspecified atom stereocenters. The van der Waals surface area contributed by atoms with Gasteiger partial charge < -0.3 is 10.1 Å². The molecule has 5 nitrogen and oxygen atoms in total. The fourth-order valence-electron chi connectivity index (χ4n) is 2.56. The van der Waals surface area contributed by atoms with E-state index in [1.165, 1.54) is 0 Å². The first-order valence-electron chi connectivity index (χ1n) is 7.29. The van der Waals surface area contributed by atoms with Crippen molar-refractivity contribution in [2.75, 3.05) is 11.5 Å². The number of nitrogens with zero attached hydrogens (tertiary/aromatic N) is 1. The average Bonchev–Trinajstić information content (AvgIpc) is 2.42. The molecule has 0 aliphatic carbocycles. The second-order valence-electron chi connectivity index (χ2n) is 5.64. The van der Waals surface area contributed by atoms with Gasteiger partial charge in [-0.3, -0.25) is 14.5 Å². The Hall–Kier alpha value is -2.04. The molecular formula is C16H22N2O3. The average molecular weight is 290 g/mol. The molecule has 114 valence electrons. The van der Waals surface area contributed by atoms with E-state index < -0.39 is 11.6 Å². The van der Waals surface area contributed by atoms with Gasteiger partial charge in [0.25, 0.3) is 5.91 Å². The van der Waals surface area contributed by atoms with Crippen molar-refractivity contribution in [1.82, 2.24) is 5.32 Å². The predicted octanol–water partition coefficient (Wildman–Crippen LogP) is 2.11. The molecule has 1 aliphatic heterocycles. The molecule has 1 atom stereocenters. The third-order valence-electron chi connectivity index (χ3n) is 3.60. The number of rotatable bonds is 4. The highest BCUT2D eigenvalue weighted by molar-refractivity contribution is 6.10. The first-order chi connectivity index (χ1) is 9.90. The highest BCUT2D eigenvalue weighted by Crippen LogP contribution is 2.29. The summed E-state index contributed by atoms with van der Waals surface area (Å²) in [5.74, 6) is 0.466. The van der Waals surface area contributed by atoms with Crippen molar-refractivity contribution in [3.8, 4) is 5.75 Å². The van der Waals surface area contributed by atoms with Gasteiger partial charge in [-0.25, -0.2) is 0 Å². The molecule has 1 fully saturated rings. The van der Waals surface area contributed by atoms with Gasteiger partial charge in [-0.1, -0.05) is 13.0 Å². The number of benzene rings is 1. The highest BCUT2D eigenvalue weighted by atomic mass is 16.5. The number of carbonyl (C=O) groups is 2. The van der Waals surface area contributed by atoms with E-state index in [1.807, 2.05) is 32.0 Å². The smallest absolute Gasteiger partial charge is 0.252 e. The van der Waals surface area contributed by atoms with Crippen LogP contribution in [0.3, 0.4) is 0 Å². The van der Waals surface area contributed by atoms with Gasteiger partial charge in [-0.05, 0) is 39.3 Å². The number of amides is 2. The molecule has 2 rings (SSSR count). The maximum Gasteiger partial charge on any atom is 0.252 e. The SMILES string of the molecule is CCOc1cccc(N2C(=O)C(C)(C)NC(=O)C2CC)c1. The normalized spacial score (nSPS) is 21.1. The lowest BCUT2D eigenvalue weighted by Crippen LogP contribution is -2.68. The lowest BCUT2D eigenvalue weighted by Gasteiger charge is -2.42. The Kier molecular flexibility index (Phi) is 4.21. The Labute approximate surface area is 125 Å². The minimum atomic E-state index is -0.898. The van der Waals surface area contributed by atoms with Crippen LogP contribution in [0.5, 0.6) is 5.75 Å². The molecule has 1 saturated heterocycles. The number of piperazine rings is 1. The zero-order valence-corrected chi connectivity index (χ0v) is 13.0. The Bertz CT molecular complexity index is 554. The highest BCUT2D eigenvalue weighted by Gasteiger charge is 2.45. The molecule has 1 heterocycles. The second-order valence-corrected chi connectivity index (χ2v) is 5.64. The maximum absolute atomic E-state index is 12.7. The van der Waals surface area contributed by atoms with Crippen molar-refractivity contribution >= 4 is 17.5 Å². The van der Waals surface area contributed by atoms with Crippen molar-refractivity contribution in [3.63, 3.8) is 0 Å². The van der Waals surface area contributed by atoms with Crippen molar-refractivity contribution < 1.29 is 14.3 Å². The Morgan fingerprint density at radius 1 is 1.29 bits per heavy atom. The predicted molar refractivity (Wildman–Crippen MR) is 81.4 cm³/mol. The molecule has 1 aliphatic rings. The fourth-order valence-corrected chi connectivity index (χ4v) is 2.56. The molecule has 0 radical (unpaired) electrons. The Morgan fingerprint density at radius 2 is 2.00 bits per heavy atom. The summed E-state index contributed by atoms with van der Waals surface area (Å²) in [7, 11) is 0. The molecule has 1 aromatic rings. The van der Waals surface area contributed by atoms with Crippen LogP contribution in [0.2, 0.25) is 0 Å². The lowest BCUT2D eigenvalue weighted by molar-refractivity contribution is -0.137. The summed E-state index contributed by atoms with van der Waals surface area (Å²) < 4.78 is 5.48. The van der Waals surface area contributed by atoms with Crippen LogP contribution in [0.1, 0.15) is 34.1 Å².